The van der Waals surface area contributed by atoms with E-state index < -0.39 is 11.6 Å². The van der Waals surface area contributed by atoms with Gasteiger partial charge in [0.05, 0.1) is 5.52 Å². The van der Waals surface area contributed by atoms with Gasteiger partial charge < -0.3 is 9.80 Å². The molecule has 1 aromatic heterocycles. The Kier molecular flexibility index (Phi) is 5.45. The number of rotatable bonds is 3. The third-order valence-corrected chi connectivity index (χ3v) is 7.60. The van der Waals surface area contributed by atoms with Crippen molar-refractivity contribution in [3.05, 3.63) is 51.9 Å². The lowest BCUT2D eigenvalue weighted by molar-refractivity contribution is 0.275. The van der Waals surface area contributed by atoms with Crippen molar-refractivity contribution in [1.82, 2.24) is 14.5 Å². The van der Waals surface area contributed by atoms with E-state index in [0.29, 0.717) is 30.1 Å². The molecule has 0 radical (unpaired) electrons. The molecular formula is C24H26F2N4OS. The average molecular weight is 457 g/mol. The van der Waals surface area contributed by atoms with Crippen LogP contribution in [0.5, 0.6) is 0 Å². The SMILES string of the molecule is CCc1cc2c(N3CCN(C)CC3C)nc(=O)n3c2c(c1-c1ccc(F)cc1F)SCC3. The fraction of sp³-hybridized carbons (Fsp3) is 0.417. The normalized spacial score (nSPS) is 19.0. The molecule has 8 heteroatoms. The largest absolute Gasteiger partial charge is 0.351 e. The van der Waals surface area contributed by atoms with Gasteiger partial charge in [-0.1, -0.05) is 6.92 Å². The Morgan fingerprint density at radius 1 is 1.19 bits per heavy atom. The quantitative estimate of drug-likeness (QED) is 0.592. The van der Waals surface area contributed by atoms with Gasteiger partial charge in [0.2, 0.25) is 0 Å². The van der Waals surface area contributed by atoms with Crippen molar-refractivity contribution in [2.45, 2.75) is 37.8 Å². The van der Waals surface area contributed by atoms with Gasteiger partial charge in [-0.15, -0.1) is 11.8 Å². The van der Waals surface area contributed by atoms with Crippen LogP contribution in [0.3, 0.4) is 0 Å². The van der Waals surface area contributed by atoms with Crippen molar-refractivity contribution < 1.29 is 8.78 Å². The predicted octanol–water partition coefficient (Wildman–Crippen LogP) is 4.15. The lowest BCUT2D eigenvalue weighted by Gasteiger charge is -2.39. The van der Waals surface area contributed by atoms with Crippen molar-refractivity contribution in [3.8, 4) is 11.1 Å². The molecule has 0 spiro atoms. The summed E-state index contributed by atoms with van der Waals surface area (Å²) in [4.78, 5) is 23.0. The first kappa shape index (κ1) is 21.4. The molecule has 2 aliphatic heterocycles. The third kappa shape index (κ3) is 3.40. The summed E-state index contributed by atoms with van der Waals surface area (Å²) < 4.78 is 30.2. The number of piperazine rings is 1. The van der Waals surface area contributed by atoms with Gasteiger partial charge in [-0.3, -0.25) is 4.57 Å². The van der Waals surface area contributed by atoms with Gasteiger partial charge in [-0.2, -0.15) is 4.98 Å². The number of hydrogen-bond donors (Lipinski definition) is 0. The first-order valence-electron chi connectivity index (χ1n) is 11.0. The molecular weight excluding hydrogens is 430 g/mol. The Labute approximate surface area is 190 Å². The van der Waals surface area contributed by atoms with Crippen molar-refractivity contribution in [2.75, 3.05) is 37.3 Å². The lowest BCUT2D eigenvalue weighted by atomic mass is 9.94. The summed E-state index contributed by atoms with van der Waals surface area (Å²) >= 11 is 1.64. The highest BCUT2D eigenvalue weighted by Crippen LogP contribution is 2.44. The monoisotopic (exact) mass is 456 g/mol. The summed E-state index contributed by atoms with van der Waals surface area (Å²) in [6.07, 6.45) is 0.687. The van der Waals surface area contributed by atoms with Crippen LogP contribution in [-0.4, -0.2) is 52.9 Å². The van der Waals surface area contributed by atoms with Crippen molar-refractivity contribution >= 4 is 28.5 Å². The number of nitrogens with zero attached hydrogens (tertiary/aromatic N) is 4. The fourth-order valence-electron chi connectivity index (χ4n) is 4.97. The van der Waals surface area contributed by atoms with E-state index >= 15 is 0 Å². The van der Waals surface area contributed by atoms with Crippen molar-refractivity contribution in [3.63, 3.8) is 0 Å². The first-order chi connectivity index (χ1) is 15.4. The van der Waals surface area contributed by atoms with E-state index in [2.05, 4.69) is 34.8 Å². The molecule has 0 amide bonds. The minimum Gasteiger partial charge on any atom is -0.351 e. The van der Waals surface area contributed by atoms with Crippen molar-refractivity contribution in [2.24, 2.45) is 0 Å². The van der Waals surface area contributed by atoms with Gasteiger partial charge in [0.1, 0.15) is 17.5 Å². The van der Waals surface area contributed by atoms with E-state index in [4.69, 9.17) is 0 Å². The molecule has 1 unspecified atom stereocenters. The second kappa shape index (κ2) is 8.15. The number of benzene rings is 2. The Morgan fingerprint density at radius 3 is 2.72 bits per heavy atom. The summed E-state index contributed by atoms with van der Waals surface area (Å²) in [6, 6.07) is 6.00. The topological polar surface area (TPSA) is 41.4 Å². The fourth-order valence-corrected chi connectivity index (χ4v) is 6.19. The van der Waals surface area contributed by atoms with Crippen LogP contribution < -0.4 is 10.6 Å². The van der Waals surface area contributed by atoms with Crippen LogP contribution in [-0.2, 0) is 13.0 Å². The van der Waals surface area contributed by atoms with Crippen LogP contribution in [0.15, 0.2) is 34.0 Å². The van der Waals surface area contributed by atoms with E-state index in [1.54, 1.807) is 16.3 Å². The molecule has 0 bridgehead atoms. The molecule has 5 rings (SSSR count). The lowest BCUT2D eigenvalue weighted by Crippen LogP contribution is -2.51. The minimum absolute atomic E-state index is 0.220. The van der Waals surface area contributed by atoms with E-state index in [-0.39, 0.29) is 11.7 Å². The summed E-state index contributed by atoms with van der Waals surface area (Å²) in [5.41, 5.74) is 2.66. The second-order valence-electron chi connectivity index (χ2n) is 8.64. The first-order valence-corrected chi connectivity index (χ1v) is 12.0. The molecule has 3 aromatic rings. The van der Waals surface area contributed by atoms with Crippen LogP contribution in [0.4, 0.5) is 14.6 Å². The smallest absolute Gasteiger partial charge is 0.350 e. The van der Waals surface area contributed by atoms with Gasteiger partial charge >= 0.3 is 5.69 Å². The summed E-state index contributed by atoms with van der Waals surface area (Å²) in [5, 5.41) is 0.936. The Balaban J connectivity index is 1.83. The molecule has 0 N–H and O–H groups in total. The minimum atomic E-state index is -0.598. The summed E-state index contributed by atoms with van der Waals surface area (Å²) in [6.45, 7) is 7.34. The zero-order valence-electron chi connectivity index (χ0n) is 18.5. The zero-order chi connectivity index (χ0) is 22.6. The maximum absolute atomic E-state index is 14.9. The molecule has 1 atom stereocenters. The van der Waals surface area contributed by atoms with Crippen LogP contribution >= 0.6 is 11.8 Å². The molecule has 5 nitrogen and oxygen atoms in total. The molecule has 1 fully saturated rings. The van der Waals surface area contributed by atoms with Gasteiger partial charge in [0.15, 0.2) is 0 Å². The Bertz CT molecular complexity index is 1280. The van der Waals surface area contributed by atoms with Crippen LogP contribution in [0.25, 0.3) is 22.0 Å². The van der Waals surface area contributed by atoms with Crippen LogP contribution in [0.1, 0.15) is 19.4 Å². The van der Waals surface area contributed by atoms with Gasteiger partial charge in [-0.05, 0) is 44.2 Å². The van der Waals surface area contributed by atoms with Gasteiger partial charge in [-0.25, -0.2) is 13.6 Å². The number of halogens is 2. The number of hydrogen-bond acceptors (Lipinski definition) is 5. The van der Waals surface area contributed by atoms with E-state index in [1.807, 2.05) is 6.92 Å². The van der Waals surface area contributed by atoms with E-state index in [0.717, 1.165) is 52.6 Å². The van der Waals surface area contributed by atoms with Gasteiger partial charge in [0.25, 0.3) is 0 Å². The Morgan fingerprint density at radius 2 is 2.00 bits per heavy atom. The maximum Gasteiger partial charge on any atom is 0.350 e. The van der Waals surface area contributed by atoms with Gasteiger partial charge in [0, 0.05) is 65.4 Å². The molecule has 2 aliphatic rings. The molecule has 0 saturated carbocycles. The zero-order valence-corrected chi connectivity index (χ0v) is 19.3. The summed E-state index contributed by atoms with van der Waals surface area (Å²) in [7, 11) is 2.10. The number of aromatic nitrogens is 2. The molecule has 2 aromatic carbocycles. The maximum atomic E-state index is 14.9. The van der Waals surface area contributed by atoms with Crippen molar-refractivity contribution in [1.29, 1.82) is 0 Å². The molecule has 168 valence electrons. The number of likely N-dealkylation sites (N-methyl/N-ethyl adjacent to an activating group) is 1. The molecule has 0 aliphatic carbocycles. The standard InChI is InChI=1S/C24H26F2N4OS/c1-4-15-11-18-21-22(20(15)17-6-5-16(25)12-19(17)26)32-10-9-30(21)24(31)27-23(18)29-8-7-28(3)13-14(29)2/h5-6,11-12,14H,4,7-10,13H2,1-3H3. The van der Waals surface area contributed by atoms with E-state index in [1.165, 1.54) is 12.1 Å². The van der Waals surface area contributed by atoms with Crippen LogP contribution in [0.2, 0.25) is 0 Å². The summed E-state index contributed by atoms with van der Waals surface area (Å²) in [5.74, 6) is 0.235. The second-order valence-corrected chi connectivity index (χ2v) is 9.74. The number of thioether (sulfide) groups is 1. The van der Waals surface area contributed by atoms with E-state index in [9.17, 15) is 13.6 Å². The third-order valence-electron chi connectivity index (χ3n) is 6.53. The average Bonchev–Trinajstić information content (AvgIpc) is 2.76. The number of anilines is 1. The highest BCUT2D eigenvalue weighted by Gasteiger charge is 2.29. The molecule has 32 heavy (non-hydrogen) atoms. The highest BCUT2D eigenvalue weighted by atomic mass is 32.2. The molecule has 1 saturated heterocycles. The van der Waals surface area contributed by atoms with Crippen LogP contribution in [0, 0.1) is 11.6 Å². The molecule has 3 heterocycles. The highest BCUT2D eigenvalue weighted by molar-refractivity contribution is 7.99. The number of aryl methyl sites for hydroxylation is 2. The predicted molar refractivity (Wildman–Crippen MR) is 126 cm³/mol. The Hall–Kier alpha value is -2.45.